The van der Waals surface area contributed by atoms with Gasteiger partial charge in [-0.3, -0.25) is 4.79 Å². The van der Waals surface area contributed by atoms with Gasteiger partial charge >= 0.3 is 0 Å². The second-order valence-electron chi connectivity index (χ2n) is 4.84. The van der Waals surface area contributed by atoms with Crippen LogP contribution in [0.5, 0.6) is 0 Å². The molecule has 1 unspecified atom stereocenters. The molecular weight excluding hydrogens is 228 g/mol. The molecule has 0 saturated carbocycles. The molecule has 0 fully saturated rings. The summed E-state index contributed by atoms with van der Waals surface area (Å²) in [4.78, 5) is 11.9. The number of carbonyl (C=O) groups is 1. The first kappa shape index (κ1) is 14.4. The third-order valence-electron chi connectivity index (χ3n) is 2.46. The minimum absolute atomic E-state index is 0.146. The fourth-order valence-electron chi connectivity index (χ4n) is 1.79. The number of rotatable bonds is 6. The maximum absolute atomic E-state index is 11.9. The van der Waals surface area contributed by atoms with E-state index in [0.717, 1.165) is 13.0 Å². The molecule has 0 aliphatic heterocycles. The van der Waals surface area contributed by atoms with Crippen molar-refractivity contribution in [2.75, 3.05) is 11.9 Å². The maximum atomic E-state index is 11.9. The number of nitrogens with zero attached hydrogens (tertiary/aromatic N) is 2. The average molecular weight is 250 g/mol. The largest absolute Gasteiger partial charge is 0.369 e. The normalized spacial score (nSPS) is 12.3. The van der Waals surface area contributed by atoms with Gasteiger partial charge in [-0.25, -0.2) is 0 Å². The molecule has 1 aromatic heterocycles. The van der Waals surface area contributed by atoms with Gasteiger partial charge in [0.25, 0.3) is 5.91 Å². The number of amides is 1. The molecule has 1 atom stereocenters. The molecule has 1 heterocycles. The summed E-state index contributed by atoms with van der Waals surface area (Å²) in [6, 6.07) is 3.59. The smallest absolute Gasteiger partial charge is 0.272 e. The summed E-state index contributed by atoms with van der Waals surface area (Å²) in [5.41, 5.74) is 0.354. The molecule has 0 aliphatic rings. The van der Waals surface area contributed by atoms with Crippen LogP contribution in [-0.4, -0.2) is 28.7 Å². The zero-order chi connectivity index (χ0) is 13.5. The highest BCUT2D eigenvalue weighted by Crippen LogP contribution is 2.06. The van der Waals surface area contributed by atoms with E-state index < -0.39 is 0 Å². The molecule has 18 heavy (non-hydrogen) atoms. The van der Waals surface area contributed by atoms with Gasteiger partial charge in [0.05, 0.1) is 0 Å². The van der Waals surface area contributed by atoms with Crippen LogP contribution in [0.25, 0.3) is 0 Å². The summed E-state index contributed by atoms with van der Waals surface area (Å²) in [6.45, 7) is 9.03. The van der Waals surface area contributed by atoms with Crippen LogP contribution < -0.4 is 10.6 Å². The van der Waals surface area contributed by atoms with E-state index in [-0.39, 0.29) is 11.9 Å². The SMILES string of the molecule is CCNc1ccc(C(=O)NC(C)CC(C)C)nn1. The van der Waals surface area contributed by atoms with Crippen molar-refractivity contribution in [3.8, 4) is 0 Å². The van der Waals surface area contributed by atoms with E-state index in [0.29, 0.717) is 17.4 Å². The first-order chi connectivity index (χ1) is 8.52. The highest BCUT2D eigenvalue weighted by molar-refractivity contribution is 5.92. The Morgan fingerprint density at radius 3 is 2.50 bits per heavy atom. The van der Waals surface area contributed by atoms with Crippen LogP contribution in [0.2, 0.25) is 0 Å². The summed E-state index contributed by atoms with van der Waals surface area (Å²) in [5.74, 6) is 1.07. The Kier molecular flexibility index (Phi) is 5.55. The van der Waals surface area contributed by atoms with Crippen molar-refractivity contribution in [1.82, 2.24) is 15.5 Å². The van der Waals surface area contributed by atoms with Crippen molar-refractivity contribution in [3.05, 3.63) is 17.8 Å². The molecule has 2 N–H and O–H groups in total. The van der Waals surface area contributed by atoms with Gasteiger partial charge < -0.3 is 10.6 Å². The summed E-state index contributed by atoms with van der Waals surface area (Å²) < 4.78 is 0. The van der Waals surface area contributed by atoms with E-state index in [1.54, 1.807) is 12.1 Å². The van der Waals surface area contributed by atoms with E-state index in [2.05, 4.69) is 34.7 Å². The molecule has 1 rings (SSSR count). The Balaban J connectivity index is 2.56. The fourth-order valence-corrected chi connectivity index (χ4v) is 1.79. The standard InChI is InChI=1S/C13H22N4O/c1-5-14-12-7-6-11(16-17-12)13(18)15-10(4)8-9(2)3/h6-7,9-10H,5,8H2,1-4H3,(H,14,17)(H,15,18). The molecule has 1 amide bonds. The van der Waals surface area contributed by atoms with Gasteiger partial charge in [0.15, 0.2) is 5.69 Å². The minimum Gasteiger partial charge on any atom is -0.369 e. The minimum atomic E-state index is -0.168. The lowest BCUT2D eigenvalue weighted by Gasteiger charge is -2.15. The van der Waals surface area contributed by atoms with E-state index in [1.807, 2.05) is 13.8 Å². The third-order valence-corrected chi connectivity index (χ3v) is 2.46. The summed E-state index contributed by atoms with van der Waals surface area (Å²) >= 11 is 0. The van der Waals surface area contributed by atoms with Crippen LogP contribution in [-0.2, 0) is 0 Å². The van der Waals surface area contributed by atoms with Crippen LogP contribution in [0, 0.1) is 5.92 Å². The molecule has 0 bridgehead atoms. The number of anilines is 1. The van der Waals surface area contributed by atoms with Crippen molar-refractivity contribution in [3.63, 3.8) is 0 Å². The Hall–Kier alpha value is -1.65. The van der Waals surface area contributed by atoms with Gasteiger partial charge in [0.1, 0.15) is 5.82 Å². The van der Waals surface area contributed by atoms with Gasteiger partial charge in [0, 0.05) is 12.6 Å². The number of carbonyl (C=O) groups excluding carboxylic acids is 1. The second-order valence-corrected chi connectivity index (χ2v) is 4.84. The molecule has 0 spiro atoms. The lowest BCUT2D eigenvalue weighted by Crippen LogP contribution is -2.34. The summed E-state index contributed by atoms with van der Waals surface area (Å²) in [7, 11) is 0. The van der Waals surface area contributed by atoms with E-state index in [4.69, 9.17) is 0 Å². The molecule has 5 heteroatoms. The monoisotopic (exact) mass is 250 g/mol. The first-order valence-electron chi connectivity index (χ1n) is 6.41. The highest BCUT2D eigenvalue weighted by atomic mass is 16.2. The van der Waals surface area contributed by atoms with Crippen molar-refractivity contribution in [1.29, 1.82) is 0 Å². The van der Waals surface area contributed by atoms with E-state index in [9.17, 15) is 4.79 Å². The average Bonchev–Trinajstić information content (AvgIpc) is 2.29. The van der Waals surface area contributed by atoms with Gasteiger partial charge in [-0.2, -0.15) is 0 Å². The van der Waals surface area contributed by atoms with Crippen LogP contribution >= 0.6 is 0 Å². The lowest BCUT2D eigenvalue weighted by atomic mass is 10.1. The van der Waals surface area contributed by atoms with E-state index in [1.165, 1.54) is 0 Å². The molecule has 0 radical (unpaired) electrons. The summed E-state index contributed by atoms with van der Waals surface area (Å²) in [5, 5.41) is 13.8. The van der Waals surface area contributed by atoms with Gasteiger partial charge in [-0.15, -0.1) is 10.2 Å². The van der Waals surface area contributed by atoms with Crippen molar-refractivity contribution < 1.29 is 4.79 Å². The predicted molar refractivity (Wildman–Crippen MR) is 72.6 cm³/mol. The Labute approximate surface area is 108 Å². The first-order valence-corrected chi connectivity index (χ1v) is 6.41. The van der Waals surface area contributed by atoms with Crippen molar-refractivity contribution in [2.45, 2.75) is 40.2 Å². The molecule has 0 saturated heterocycles. The van der Waals surface area contributed by atoms with Crippen LogP contribution in [0.15, 0.2) is 12.1 Å². The second kappa shape index (κ2) is 6.93. The molecular formula is C13H22N4O. The van der Waals surface area contributed by atoms with Crippen LogP contribution in [0.1, 0.15) is 44.6 Å². The highest BCUT2D eigenvalue weighted by Gasteiger charge is 2.12. The zero-order valence-corrected chi connectivity index (χ0v) is 11.5. The Morgan fingerprint density at radius 2 is 2.00 bits per heavy atom. The zero-order valence-electron chi connectivity index (χ0n) is 11.5. The number of hydrogen-bond donors (Lipinski definition) is 2. The number of nitrogens with one attached hydrogen (secondary N) is 2. The van der Waals surface area contributed by atoms with Gasteiger partial charge in [0.2, 0.25) is 0 Å². The maximum Gasteiger partial charge on any atom is 0.272 e. The quantitative estimate of drug-likeness (QED) is 0.811. The molecule has 0 aromatic carbocycles. The third kappa shape index (κ3) is 4.69. The van der Waals surface area contributed by atoms with Gasteiger partial charge in [-0.05, 0) is 38.3 Å². The van der Waals surface area contributed by atoms with Crippen LogP contribution in [0.4, 0.5) is 5.82 Å². The molecule has 0 aliphatic carbocycles. The lowest BCUT2D eigenvalue weighted by molar-refractivity contribution is 0.0930. The van der Waals surface area contributed by atoms with Gasteiger partial charge in [-0.1, -0.05) is 13.8 Å². The Morgan fingerprint density at radius 1 is 1.28 bits per heavy atom. The van der Waals surface area contributed by atoms with Crippen molar-refractivity contribution >= 4 is 11.7 Å². The molecule has 100 valence electrons. The molecule has 1 aromatic rings. The van der Waals surface area contributed by atoms with Crippen LogP contribution in [0.3, 0.4) is 0 Å². The predicted octanol–water partition coefficient (Wildman–Crippen LogP) is 2.07. The fraction of sp³-hybridized carbons (Fsp3) is 0.615. The van der Waals surface area contributed by atoms with Crippen molar-refractivity contribution in [2.24, 2.45) is 5.92 Å². The topological polar surface area (TPSA) is 66.9 Å². The summed E-state index contributed by atoms with van der Waals surface area (Å²) in [6.07, 6.45) is 0.953. The molecule has 5 nitrogen and oxygen atoms in total. The van der Waals surface area contributed by atoms with E-state index >= 15 is 0 Å². The number of aromatic nitrogens is 2. The Bertz CT molecular complexity index is 375. The number of hydrogen-bond acceptors (Lipinski definition) is 4.